The fourth-order valence-corrected chi connectivity index (χ4v) is 7.45. The van der Waals surface area contributed by atoms with Gasteiger partial charge in [-0.3, -0.25) is 28.8 Å². The molecule has 0 aliphatic rings. The van der Waals surface area contributed by atoms with Crippen LogP contribution in [-0.2, 0) is 19.2 Å². The Morgan fingerprint density at radius 2 is 0.870 bits per heavy atom. The zero-order valence-corrected chi connectivity index (χ0v) is 41.8. The molecule has 16 nitrogen and oxygen atoms in total. The predicted molar refractivity (Wildman–Crippen MR) is 269 cm³/mol. The smallest absolute Gasteiger partial charge is 0.258 e. The minimum Gasteiger partial charge on any atom is -0.496 e. The third-order valence-electron chi connectivity index (χ3n) is 10.1. The highest BCUT2D eigenvalue weighted by Crippen LogP contribution is 2.35. The molecule has 0 radical (unpaired) electrons. The van der Waals surface area contributed by atoms with Crippen molar-refractivity contribution >= 4 is 127 Å². The highest BCUT2D eigenvalue weighted by atomic mass is 35.5. The minimum atomic E-state index is -1.62. The van der Waals surface area contributed by atoms with Gasteiger partial charge in [0.1, 0.15) is 11.5 Å². The minimum absolute atomic E-state index is 0.0407. The van der Waals surface area contributed by atoms with Crippen molar-refractivity contribution in [3.05, 3.63) is 129 Å². The number of carbonyl (C=O) groups excluding carboxylic acids is 6. The number of azo groups is 2. The van der Waals surface area contributed by atoms with Crippen LogP contribution in [0, 0.1) is 0 Å². The molecule has 5 unspecified atom stereocenters. The number of hydrogen-bond donors (Lipinski definition) is 4. The van der Waals surface area contributed by atoms with Gasteiger partial charge in [0.2, 0.25) is 12.1 Å². The van der Waals surface area contributed by atoms with Crippen LogP contribution in [-0.4, -0.2) is 61.5 Å². The third kappa shape index (κ3) is 14.1. The van der Waals surface area contributed by atoms with Gasteiger partial charge in [0, 0.05) is 33.9 Å². The van der Waals surface area contributed by atoms with E-state index in [4.69, 9.17) is 67.5 Å². The highest BCUT2D eigenvalue weighted by molar-refractivity contribution is 6.35. The van der Waals surface area contributed by atoms with Crippen molar-refractivity contribution in [3.63, 3.8) is 0 Å². The van der Waals surface area contributed by atoms with Crippen LogP contribution in [0.4, 0.5) is 34.1 Å². The molecule has 0 aromatic heterocycles. The molecule has 0 spiro atoms. The first kappa shape index (κ1) is 53.5. The van der Waals surface area contributed by atoms with E-state index in [-0.39, 0.29) is 43.9 Å². The molecule has 69 heavy (non-hydrogen) atoms. The van der Waals surface area contributed by atoms with Gasteiger partial charge < -0.3 is 30.7 Å². The molecule has 0 fully saturated rings. The number of Topliss-reactive ketones (excluding diaryl/α,β-unsaturated/α-hetero) is 2. The van der Waals surface area contributed by atoms with Gasteiger partial charge in [0.05, 0.1) is 62.9 Å². The van der Waals surface area contributed by atoms with E-state index >= 15 is 0 Å². The number of nitrogens with zero attached hydrogens (tertiary/aromatic N) is 4. The molecule has 5 aromatic carbocycles. The van der Waals surface area contributed by atoms with Gasteiger partial charge in [0.25, 0.3) is 23.6 Å². The lowest BCUT2D eigenvalue weighted by Crippen LogP contribution is -2.32. The molecule has 0 aliphatic heterocycles. The third-order valence-corrected chi connectivity index (χ3v) is 11.4. The van der Waals surface area contributed by atoms with Gasteiger partial charge in [-0.15, -0.1) is 34.8 Å². The molecule has 5 atom stereocenters. The highest BCUT2D eigenvalue weighted by Gasteiger charge is 2.27. The molecule has 0 saturated carbocycles. The number of nitrogens with one attached hydrogen (secondary N) is 4. The van der Waals surface area contributed by atoms with Crippen LogP contribution in [0.5, 0.6) is 11.5 Å². The number of hydrogen-bond acceptors (Lipinski definition) is 12. The maximum atomic E-state index is 13.5. The summed E-state index contributed by atoms with van der Waals surface area (Å²) in [7, 11) is 3.02. The Morgan fingerprint density at radius 3 is 1.26 bits per heavy atom. The van der Waals surface area contributed by atoms with Gasteiger partial charge in [-0.2, -0.15) is 20.5 Å². The van der Waals surface area contributed by atoms with E-state index < -0.39 is 63.4 Å². The van der Waals surface area contributed by atoms with E-state index in [1.54, 1.807) is 57.2 Å². The summed E-state index contributed by atoms with van der Waals surface area (Å²) >= 11 is 31.8. The molecule has 0 bridgehead atoms. The normalized spacial score (nSPS) is 13.4. The van der Waals surface area contributed by atoms with Crippen molar-refractivity contribution in [2.24, 2.45) is 20.5 Å². The van der Waals surface area contributed by atoms with E-state index in [0.29, 0.717) is 39.6 Å². The van der Waals surface area contributed by atoms with Crippen molar-refractivity contribution in [3.8, 4) is 11.5 Å². The molecule has 5 aromatic rings. The molecule has 5 rings (SSSR count). The molecular weight excluding hydrogens is 994 g/mol. The van der Waals surface area contributed by atoms with Crippen LogP contribution >= 0.6 is 58.0 Å². The second-order valence-corrected chi connectivity index (χ2v) is 18.0. The van der Waals surface area contributed by atoms with E-state index in [0.717, 1.165) is 13.8 Å². The summed E-state index contributed by atoms with van der Waals surface area (Å²) in [5.41, 5.74) is 3.21. The number of carbonyl (C=O) groups is 6. The maximum Gasteiger partial charge on any atom is 0.258 e. The summed E-state index contributed by atoms with van der Waals surface area (Å²) in [6, 6.07) is 19.5. The van der Waals surface area contributed by atoms with Crippen molar-refractivity contribution in [2.75, 3.05) is 35.5 Å². The first-order chi connectivity index (χ1) is 32.7. The fourth-order valence-electron chi connectivity index (χ4n) is 6.52. The van der Waals surface area contributed by atoms with Crippen molar-refractivity contribution < 1.29 is 38.2 Å². The molecule has 0 aliphatic carbocycles. The van der Waals surface area contributed by atoms with Crippen LogP contribution in [0.25, 0.3) is 0 Å². The number of anilines is 4. The van der Waals surface area contributed by atoms with Crippen LogP contribution in [0.1, 0.15) is 88.2 Å². The van der Waals surface area contributed by atoms with Crippen molar-refractivity contribution in [1.82, 2.24) is 0 Å². The lowest BCUT2D eigenvalue weighted by Gasteiger charge is -2.17. The summed E-state index contributed by atoms with van der Waals surface area (Å²) in [5, 5.41) is 25.6. The number of ketones is 2. The summed E-state index contributed by atoms with van der Waals surface area (Å²) in [6.45, 7) is 7.46. The Hall–Kier alpha value is -6.43. The molecule has 0 saturated heterocycles. The number of amides is 4. The second-order valence-electron chi connectivity index (χ2n) is 15.2. The molecular formula is C48H45Cl5N8O8. The Balaban J connectivity index is 1.27. The van der Waals surface area contributed by atoms with Gasteiger partial charge in [0.15, 0.2) is 11.6 Å². The average Bonchev–Trinajstić information content (AvgIpc) is 3.30. The molecule has 0 heterocycles. The molecule has 4 amide bonds. The Kier molecular flexibility index (Phi) is 18.8. The number of benzene rings is 5. The molecule has 4 N–H and O–H groups in total. The number of alkyl halides is 3. The zero-order chi connectivity index (χ0) is 50.7. The van der Waals surface area contributed by atoms with E-state index in [2.05, 4.69) is 41.7 Å². The lowest BCUT2D eigenvalue weighted by atomic mass is 10.1. The van der Waals surface area contributed by atoms with Crippen LogP contribution in [0.3, 0.4) is 0 Å². The Morgan fingerprint density at radius 1 is 0.493 bits per heavy atom. The molecule has 21 heteroatoms. The monoisotopic (exact) mass is 1040 g/mol. The SMILES string of the molecule is COc1ccc(NC(=O)c2cc(N=NC(C(C)=O)C(=O)Nc3ccc(NC(=O)C(N=Nc4ccc(Cl)c(C(=O)Nc5ccc(OC)c(C(C)Cl)c5)c4)C(C)=O)c(C(C)Cl)c3)ccc2Cl)cc1C(C)Cl. The van der Waals surface area contributed by atoms with Crippen LogP contribution < -0.4 is 30.7 Å². The van der Waals surface area contributed by atoms with Crippen LogP contribution in [0.15, 0.2) is 111 Å². The van der Waals surface area contributed by atoms with E-state index in [1.165, 1.54) is 68.8 Å². The van der Waals surface area contributed by atoms with Crippen LogP contribution in [0.2, 0.25) is 10.0 Å². The first-order valence-corrected chi connectivity index (χ1v) is 22.9. The van der Waals surface area contributed by atoms with Gasteiger partial charge in [-0.05, 0) is 131 Å². The summed E-state index contributed by atoms with van der Waals surface area (Å²) in [5.74, 6) is -3.03. The van der Waals surface area contributed by atoms with Gasteiger partial charge >= 0.3 is 0 Å². The molecule has 360 valence electrons. The van der Waals surface area contributed by atoms with Gasteiger partial charge in [-0.1, -0.05) is 23.2 Å². The summed E-state index contributed by atoms with van der Waals surface area (Å²) in [4.78, 5) is 78.9. The van der Waals surface area contributed by atoms with Crippen molar-refractivity contribution in [2.45, 2.75) is 62.8 Å². The fraction of sp³-hybridized carbons (Fsp3) is 0.250. The number of ether oxygens (including phenoxy) is 2. The van der Waals surface area contributed by atoms with E-state index in [1.807, 2.05) is 0 Å². The summed E-state index contributed by atoms with van der Waals surface area (Å²) in [6.07, 6.45) is 0. The first-order valence-electron chi connectivity index (χ1n) is 20.8. The van der Waals surface area contributed by atoms with E-state index in [9.17, 15) is 28.8 Å². The Labute approximate surface area is 422 Å². The Bertz CT molecular complexity index is 2860. The number of methoxy groups -OCH3 is 2. The predicted octanol–water partition coefficient (Wildman–Crippen LogP) is 12.8. The largest absolute Gasteiger partial charge is 0.496 e. The topological polar surface area (TPSA) is 218 Å². The van der Waals surface area contributed by atoms with Gasteiger partial charge in [-0.25, -0.2) is 0 Å². The second kappa shape index (κ2) is 24.2. The average molecular weight is 1040 g/mol. The van der Waals surface area contributed by atoms with Crippen molar-refractivity contribution in [1.29, 1.82) is 0 Å². The summed E-state index contributed by atoms with van der Waals surface area (Å²) < 4.78 is 10.7. The standard InChI is InChI=1S/C48H45Cl5N8O8/c1-23(49)33-18-28(56-47(66)43(26(4)62)60-58-31-8-13-38(52)36(21-31)45(64)54-29-11-16-41(68-6)34(19-29)24(2)50)10-15-40(33)57-48(67)44(27(5)63)61-59-32-9-14-39(53)37(22-32)46(65)55-30-12-17-42(69-7)35(20-30)25(3)51/h8-25,43-44H,1-7H3,(H,54,64)(H,55,65)(H,56,66)(H,57,67). The maximum absolute atomic E-state index is 13.5. The number of halogens is 5. The number of rotatable bonds is 19. The zero-order valence-electron chi connectivity index (χ0n) is 38.0. The quantitative estimate of drug-likeness (QED) is 0.0353. The lowest BCUT2D eigenvalue weighted by molar-refractivity contribution is -0.127.